The summed E-state index contributed by atoms with van der Waals surface area (Å²) >= 11 is 0. The van der Waals surface area contributed by atoms with Gasteiger partial charge in [-0.1, -0.05) is 257 Å². The maximum Gasteiger partial charge on any atom is 0.472 e. The molecule has 5 atom stereocenters. The Morgan fingerprint density at radius 2 is 0.617 bits per heavy atom. The minimum absolute atomic E-state index is 0.114. The van der Waals surface area contributed by atoms with Gasteiger partial charge >= 0.3 is 33.6 Å². The van der Waals surface area contributed by atoms with Crippen LogP contribution in [0.4, 0.5) is 0 Å². The molecule has 0 bridgehead atoms. The second kappa shape index (κ2) is 58.4. The summed E-state index contributed by atoms with van der Waals surface area (Å²) < 4.78 is 60.8. The van der Waals surface area contributed by atoms with Gasteiger partial charge in [-0.15, -0.1) is 0 Å². The van der Waals surface area contributed by atoms with E-state index < -0.39 is 91.5 Å². The Hall–Kier alpha value is -1.97. The van der Waals surface area contributed by atoms with Crippen LogP contribution in [-0.4, -0.2) is 95.9 Å². The first-order valence-corrected chi connectivity index (χ1v) is 35.6. The molecular weight excluding hydrogens is 1070 g/mol. The molecule has 0 aromatic carbocycles. The Labute approximate surface area is 493 Å². The summed E-state index contributed by atoms with van der Waals surface area (Å²) in [5, 5.41) is 20.5. The molecule has 18 heteroatoms. The predicted octanol–water partition coefficient (Wildman–Crippen LogP) is 17.3. The number of phosphoric acid groups is 2. The van der Waals surface area contributed by atoms with Gasteiger partial charge in [0.05, 0.1) is 26.4 Å². The maximum absolute atomic E-state index is 12.9. The van der Waals surface area contributed by atoms with E-state index in [2.05, 4.69) is 45.1 Å². The van der Waals surface area contributed by atoms with Gasteiger partial charge in [-0.05, 0) is 51.4 Å². The zero-order chi connectivity index (χ0) is 59.6. The number of aliphatic hydroxyl groups is 2. The second-order valence-corrected chi connectivity index (χ2v) is 25.2. The lowest BCUT2D eigenvalue weighted by Crippen LogP contribution is -2.30. The van der Waals surface area contributed by atoms with Crippen LogP contribution in [-0.2, 0) is 55.8 Å². The number of carbonyl (C=O) groups excluding carboxylic acids is 3. The number of hydrogen-bond acceptors (Lipinski definition) is 14. The van der Waals surface area contributed by atoms with Crippen molar-refractivity contribution < 1.29 is 75.8 Å². The van der Waals surface area contributed by atoms with E-state index in [4.69, 9.17) is 32.3 Å². The average Bonchev–Trinajstić information content (AvgIpc) is 3.45. The number of esters is 3. The van der Waals surface area contributed by atoms with Crippen LogP contribution in [0.3, 0.4) is 0 Å². The Kier molecular flexibility index (Phi) is 57.0. The van der Waals surface area contributed by atoms with Gasteiger partial charge in [-0.3, -0.25) is 32.5 Å². The minimum Gasteiger partial charge on any atom is -0.463 e. The minimum atomic E-state index is -4.91. The Morgan fingerprint density at radius 3 is 0.988 bits per heavy atom. The van der Waals surface area contributed by atoms with Crippen molar-refractivity contribution in [1.82, 2.24) is 0 Å². The van der Waals surface area contributed by atoms with Crippen molar-refractivity contribution in [2.24, 2.45) is 0 Å². The normalized spacial score (nSPS) is 14.5. The molecule has 0 saturated carbocycles. The highest BCUT2D eigenvalue weighted by atomic mass is 31.2. The highest BCUT2D eigenvalue weighted by Gasteiger charge is 2.29. The van der Waals surface area contributed by atoms with Crippen LogP contribution in [0.15, 0.2) is 24.3 Å². The summed E-state index contributed by atoms with van der Waals surface area (Å²) in [5.74, 6) is -1.56. The monoisotopic (exact) mass is 1190 g/mol. The van der Waals surface area contributed by atoms with E-state index >= 15 is 0 Å². The van der Waals surface area contributed by atoms with Crippen LogP contribution >= 0.6 is 15.6 Å². The topological polar surface area (TPSA) is 231 Å². The number of unbranched alkanes of at least 4 members (excludes halogenated alkanes) is 36. The van der Waals surface area contributed by atoms with Crippen LogP contribution in [0, 0.1) is 0 Å². The molecule has 0 aliphatic heterocycles. The molecule has 478 valence electrons. The third-order valence-corrected chi connectivity index (χ3v) is 16.1. The Balaban J connectivity index is 4.67. The largest absolute Gasteiger partial charge is 0.472 e. The summed E-state index contributed by atoms with van der Waals surface area (Å²) in [5.41, 5.74) is 0. The molecule has 4 N–H and O–H groups in total. The number of carbonyl (C=O) groups is 3. The number of phosphoric ester groups is 2. The summed E-state index contributed by atoms with van der Waals surface area (Å²) in [6, 6.07) is 0. The highest BCUT2D eigenvalue weighted by Crippen LogP contribution is 2.45. The predicted molar refractivity (Wildman–Crippen MR) is 326 cm³/mol. The van der Waals surface area contributed by atoms with Gasteiger partial charge in [0, 0.05) is 19.3 Å². The number of allylic oxidation sites excluding steroid dienone is 4. The van der Waals surface area contributed by atoms with Gasteiger partial charge in [0.1, 0.15) is 25.4 Å². The number of aliphatic hydroxyl groups excluding tert-OH is 2. The third kappa shape index (κ3) is 59.6. The average molecular weight is 1200 g/mol. The molecule has 0 aliphatic carbocycles. The van der Waals surface area contributed by atoms with Gasteiger partial charge in [0.25, 0.3) is 0 Å². The highest BCUT2D eigenvalue weighted by molar-refractivity contribution is 7.47. The second-order valence-electron chi connectivity index (χ2n) is 22.3. The lowest BCUT2D eigenvalue weighted by molar-refractivity contribution is -0.161. The Bertz CT molecular complexity index is 1600. The van der Waals surface area contributed by atoms with Crippen molar-refractivity contribution in [3.63, 3.8) is 0 Å². The molecule has 0 aromatic rings. The fourth-order valence-electron chi connectivity index (χ4n) is 9.13. The van der Waals surface area contributed by atoms with Gasteiger partial charge < -0.3 is 34.2 Å². The van der Waals surface area contributed by atoms with E-state index in [0.29, 0.717) is 19.3 Å². The molecule has 0 rings (SSSR count). The smallest absolute Gasteiger partial charge is 0.463 e. The molecule has 0 heterocycles. The molecular formula is C63H120O16P2. The zero-order valence-electron chi connectivity index (χ0n) is 51.5. The molecule has 0 amide bonds. The van der Waals surface area contributed by atoms with Crippen molar-refractivity contribution in [3.8, 4) is 0 Å². The van der Waals surface area contributed by atoms with E-state index in [0.717, 1.165) is 83.5 Å². The summed E-state index contributed by atoms with van der Waals surface area (Å²) in [7, 11) is -9.75. The number of hydrogen-bond donors (Lipinski definition) is 4. The molecule has 0 saturated heterocycles. The third-order valence-electron chi connectivity index (χ3n) is 14.2. The Morgan fingerprint density at radius 1 is 0.346 bits per heavy atom. The van der Waals surface area contributed by atoms with Crippen molar-refractivity contribution in [1.29, 1.82) is 0 Å². The first-order valence-electron chi connectivity index (χ1n) is 32.6. The van der Waals surface area contributed by atoms with Crippen LogP contribution < -0.4 is 0 Å². The number of rotatable bonds is 63. The first kappa shape index (κ1) is 79.0. The lowest BCUT2D eigenvalue weighted by Gasteiger charge is -2.21. The van der Waals surface area contributed by atoms with Crippen molar-refractivity contribution >= 4 is 33.6 Å². The van der Waals surface area contributed by atoms with Crippen molar-refractivity contribution in [3.05, 3.63) is 24.3 Å². The standard InChI is InChI=1S/C63H120O16P2/c1-4-7-10-13-16-19-22-25-28-31-34-37-40-43-46-49-61(66)73-52-58(64)53-75-80(69,70)76-54-59(65)55-77-81(71,72)78-57-60(79-63(68)51-48-45-42-39-36-33-30-27-24-21-18-15-12-9-6-3)56-74-62(67)50-47-44-41-38-35-32-29-26-23-20-17-14-11-8-5-2/h16,19,25,28,58-60,64-65H,4-15,17-18,20-24,26-27,29-57H2,1-3H3,(H,69,70)(H,71,72)/b19-16-,28-25-. The van der Waals surface area contributed by atoms with E-state index in [-0.39, 0.29) is 19.3 Å². The number of ether oxygens (including phenoxy) is 3. The summed E-state index contributed by atoms with van der Waals surface area (Å²) in [4.78, 5) is 58.2. The van der Waals surface area contributed by atoms with Crippen LogP contribution in [0.2, 0.25) is 0 Å². The molecule has 0 spiro atoms. The molecule has 81 heavy (non-hydrogen) atoms. The van der Waals surface area contributed by atoms with Crippen molar-refractivity contribution in [2.75, 3.05) is 39.6 Å². The van der Waals surface area contributed by atoms with Gasteiger partial charge in [-0.25, -0.2) is 9.13 Å². The molecule has 16 nitrogen and oxygen atoms in total. The molecule has 0 aromatic heterocycles. The molecule has 0 radical (unpaired) electrons. The zero-order valence-corrected chi connectivity index (χ0v) is 53.3. The van der Waals surface area contributed by atoms with Crippen LogP contribution in [0.1, 0.15) is 303 Å². The molecule has 0 aliphatic rings. The van der Waals surface area contributed by atoms with Gasteiger partial charge in [-0.2, -0.15) is 0 Å². The van der Waals surface area contributed by atoms with E-state index in [9.17, 15) is 43.5 Å². The fraction of sp³-hybridized carbons (Fsp3) is 0.889. The van der Waals surface area contributed by atoms with Crippen LogP contribution in [0.25, 0.3) is 0 Å². The maximum atomic E-state index is 12.9. The van der Waals surface area contributed by atoms with Gasteiger partial charge in [0.2, 0.25) is 0 Å². The van der Waals surface area contributed by atoms with Gasteiger partial charge in [0.15, 0.2) is 6.10 Å². The summed E-state index contributed by atoms with van der Waals surface area (Å²) in [6.45, 7) is 2.68. The van der Waals surface area contributed by atoms with E-state index in [1.807, 2.05) is 0 Å². The molecule has 0 fully saturated rings. The van der Waals surface area contributed by atoms with E-state index in [1.165, 1.54) is 161 Å². The SMILES string of the molecule is CCCCC/C=C\C/C=C\CCCCCCCC(=O)OCC(O)COP(=O)(O)OCC(O)COP(=O)(O)OCC(COC(=O)CCCCCCCCCCCCCCCCC)OC(=O)CCCCCCCCCCCCCCCCC. The lowest BCUT2D eigenvalue weighted by atomic mass is 10.0. The first-order chi connectivity index (χ1) is 39.2. The fourth-order valence-corrected chi connectivity index (χ4v) is 10.7. The quantitative estimate of drug-likeness (QED) is 0.0146. The van der Waals surface area contributed by atoms with Crippen molar-refractivity contribution in [2.45, 2.75) is 322 Å². The van der Waals surface area contributed by atoms with Crippen LogP contribution in [0.5, 0.6) is 0 Å². The summed E-state index contributed by atoms with van der Waals surface area (Å²) in [6.07, 6.45) is 52.3. The van der Waals surface area contributed by atoms with E-state index in [1.54, 1.807) is 0 Å². The molecule has 5 unspecified atom stereocenters.